The van der Waals surface area contributed by atoms with E-state index < -0.39 is 10.0 Å². The van der Waals surface area contributed by atoms with Gasteiger partial charge in [0.25, 0.3) is 5.91 Å². The number of hydrogen-bond acceptors (Lipinski definition) is 5. The SMILES string of the molecule is CCS(=O)(=O)Nc1ccc(NC(=O)c2sc(-c3cccc(Cl)c3)nc2C)cc1C. The zero-order chi connectivity index (χ0) is 21.2. The van der Waals surface area contributed by atoms with Crippen molar-refractivity contribution in [3.63, 3.8) is 0 Å². The fourth-order valence-corrected chi connectivity index (χ4v) is 4.49. The molecule has 0 saturated carbocycles. The number of rotatable bonds is 6. The monoisotopic (exact) mass is 449 g/mol. The summed E-state index contributed by atoms with van der Waals surface area (Å²) in [7, 11) is -3.36. The molecule has 0 aliphatic carbocycles. The number of carbonyl (C=O) groups excluding carboxylic acids is 1. The Hall–Kier alpha value is -2.42. The molecule has 9 heteroatoms. The highest BCUT2D eigenvalue weighted by Crippen LogP contribution is 2.30. The topological polar surface area (TPSA) is 88.2 Å². The van der Waals surface area contributed by atoms with Crippen molar-refractivity contribution in [1.82, 2.24) is 4.98 Å². The van der Waals surface area contributed by atoms with E-state index in [1.165, 1.54) is 11.3 Å². The average molecular weight is 450 g/mol. The Morgan fingerprint density at radius 2 is 1.93 bits per heavy atom. The zero-order valence-corrected chi connectivity index (χ0v) is 18.5. The van der Waals surface area contributed by atoms with Gasteiger partial charge in [0.1, 0.15) is 9.88 Å². The minimum atomic E-state index is -3.36. The van der Waals surface area contributed by atoms with Gasteiger partial charge < -0.3 is 5.32 Å². The normalized spacial score (nSPS) is 11.3. The third-order valence-corrected chi connectivity index (χ3v) is 6.94. The number of aromatic nitrogens is 1. The zero-order valence-electron chi connectivity index (χ0n) is 16.1. The number of amides is 1. The second kappa shape index (κ2) is 8.52. The maximum absolute atomic E-state index is 12.7. The number of thiazole rings is 1. The van der Waals surface area contributed by atoms with Crippen molar-refractivity contribution in [2.75, 3.05) is 15.8 Å². The first-order valence-corrected chi connectivity index (χ1v) is 11.7. The Kier molecular flexibility index (Phi) is 6.26. The van der Waals surface area contributed by atoms with Gasteiger partial charge in [-0.2, -0.15) is 0 Å². The molecule has 2 N–H and O–H groups in total. The first-order valence-electron chi connectivity index (χ1n) is 8.84. The third-order valence-electron chi connectivity index (χ3n) is 4.20. The summed E-state index contributed by atoms with van der Waals surface area (Å²) >= 11 is 7.34. The molecule has 2 aromatic carbocycles. The van der Waals surface area contributed by atoms with Crippen LogP contribution < -0.4 is 10.0 Å². The maximum Gasteiger partial charge on any atom is 0.267 e. The van der Waals surface area contributed by atoms with Crippen LogP contribution in [0.25, 0.3) is 10.6 Å². The molecule has 0 radical (unpaired) electrons. The van der Waals surface area contributed by atoms with Crippen LogP contribution in [-0.4, -0.2) is 25.1 Å². The van der Waals surface area contributed by atoms with Crippen LogP contribution >= 0.6 is 22.9 Å². The standard InChI is InChI=1S/C20H20ClN3O3S2/c1-4-29(26,27)24-17-9-8-16(10-12(17)2)23-19(25)18-13(3)22-20(28-18)14-6-5-7-15(21)11-14/h5-11,24H,4H2,1-3H3,(H,23,25). The Morgan fingerprint density at radius 3 is 2.59 bits per heavy atom. The van der Waals surface area contributed by atoms with E-state index in [0.29, 0.717) is 32.5 Å². The van der Waals surface area contributed by atoms with Crippen LogP contribution in [0, 0.1) is 13.8 Å². The summed E-state index contributed by atoms with van der Waals surface area (Å²) < 4.78 is 26.0. The van der Waals surface area contributed by atoms with E-state index in [2.05, 4.69) is 15.0 Å². The van der Waals surface area contributed by atoms with Crippen LogP contribution in [0.3, 0.4) is 0 Å². The quantitative estimate of drug-likeness (QED) is 0.548. The molecule has 1 amide bonds. The smallest absolute Gasteiger partial charge is 0.267 e. The highest BCUT2D eigenvalue weighted by Gasteiger charge is 2.17. The van der Waals surface area contributed by atoms with Gasteiger partial charge in [-0.05, 0) is 56.7 Å². The predicted molar refractivity (Wildman–Crippen MR) is 120 cm³/mol. The average Bonchev–Trinajstić information content (AvgIpc) is 3.06. The van der Waals surface area contributed by atoms with E-state index in [9.17, 15) is 13.2 Å². The van der Waals surface area contributed by atoms with Crippen LogP contribution in [0.15, 0.2) is 42.5 Å². The Bertz CT molecular complexity index is 1170. The van der Waals surface area contributed by atoms with Gasteiger partial charge in [0.2, 0.25) is 10.0 Å². The molecule has 0 atom stereocenters. The molecule has 29 heavy (non-hydrogen) atoms. The largest absolute Gasteiger partial charge is 0.321 e. The Morgan fingerprint density at radius 1 is 1.17 bits per heavy atom. The molecule has 0 unspecified atom stereocenters. The van der Waals surface area contributed by atoms with Crippen molar-refractivity contribution in [2.45, 2.75) is 20.8 Å². The molecule has 0 aliphatic rings. The van der Waals surface area contributed by atoms with E-state index in [4.69, 9.17) is 11.6 Å². The summed E-state index contributed by atoms with van der Waals surface area (Å²) in [5, 5.41) is 4.17. The van der Waals surface area contributed by atoms with Gasteiger partial charge in [-0.15, -0.1) is 11.3 Å². The Labute approximate surface area is 179 Å². The minimum Gasteiger partial charge on any atom is -0.321 e. The molecule has 0 fully saturated rings. The molecule has 3 aromatic rings. The number of hydrogen-bond donors (Lipinski definition) is 2. The van der Waals surface area contributed by atoms with Gasteiger partial charge in [-0.3, -0.25) is 9.52 Å². The fourth-order valence-electron chi connectivity index (χ4n) is 2.64. The van der Waals surface area contributed by atoms with Gasteiger partial charge in [0.05, 0.1) is 17.1 Å². The lowest BCUT2D eigenvalue weighted by atomic mass is 10.2. The molecule has 0 aliphatic heterocycles. The lowest BCUT2D eigenvalue weighted by molar-refractivity contribution is 0.103. The number of nitrogens with one attached hydrogen (secondary N) is 2. The van der Waals surface area contributed by atoms with E-state index >= 15 is 0 Å². The fraction of sp³-hybridized carbons (Fsp3) is 0.200. The summed E-state index contributed by atoms with van der Waals surface area (Å²) in [5.41, 5.74) is 3.26. The lowest BCUT2D eigenvalue weighted by Gasteiger charge is -2.11. The van der Waals surface area contributed by atoms with Crippen molar-refractivity contribution < 1.29 is 13.2 Å². The second-order valence-electron chi connectivity index (χ2n) is 6.43. The first-order chi connectivity index (χ1) is 13.7. The third kappa shape index (κ3) is 5.14. The van der Waals surface area contributed by atoms with Gasteiger partial charge in [0, 0.05) is 16.3 Å². The summed E-state index contributed by atoms with van der Waals surface area (Å²) in [6, 6.07) is 12.3. The second-order valence-corrected chi connectivity index (χ2v) is 9.88. The number of halogens is 1. The highest BCUT2D eigenvalue weighted by molar-refractivity contribution is 7.92. The highest BCUT2D eigenvalue weighted by atomic mass is 35.5. The molecule has 1 aromatic heterocycles. The molecule has 0 saturated heterocycles. The van der Waals surface area contributed by atoms with E-state index in [-0.39, 0.29) is 11.7 Å². The van der Waals surface area contributed by atoms with Crippen LogP contribution in [-0.2, 0) is 10.0 Å². The van der Waals surface area contributed by atoms with Crippen LogP contribution in [0.4, 0.5) is 11.4 Å². The molecule has 0 spiro atoms. The van der Waals surface area contributed by atoms with Crippen LogP contribution in [0.2, 0.25) is 5.02 Å². The van der Waals surface area contributed by atoms with E-state index in [0.717, 1.165) is 10.6 Å². The van der Waals surface area contributed by atoms with E-state index in [1.54, 1.807) is 51.1 Å². The number of nitrogens with zero attached hydrogens (tertiary/aromatic N) is 1. The predicted octanol–water partition coefficient (Wildman–Crippen LogP) is 5.09. The number of sulfonamides is 1. The summed E-state index contributed by atoms with van der Waals surface area (Å²) in [5.74, 6) is -0.278. The molecular weight excluding hydrogens is 430 g/mol. The molecule has 1 heterocycles. The van der Waals surface area contributed by atoms with Gasteiger partial charge >= 0.3 is 0 Å². The first kappa shape index (κ1) is 21.3. The van der Waals surface area contributed by atoms with E-state index in [1.807, 2.05) is 12.1 Å². The van der Waals surface area contributed by atoms with Crippen molar-refractivity contribution in [3.8, 4) is 10.6 Å². The molecule has 6 nitrogen and oxygen atoms in total. The molecular formula is C20H20ClN3O3S2. The van der Waals surface area contributed by atoms with Crippen LogP contribution in [0.5, 0.6) is 0 Å². The molecule has 0 bridgehead atoms. The molecule has 3 rings (SSSR count). The number of anilines is 2. The van der Waals surface area contributed by atoms with Gasteiger partial charge in [0.15, 0.2) is 0 Å². The summed E-state index contributed by atoms with van der Waals surface area (Å²) in [6.45, 7) is 5.13. The van der Waals surface area contributed by atoms with Crippen molar-refractivity contribution in [3.05, 3.63) is 63.6 Å². The van der Waals surface area contributed by atoms with Crippen LogP contribution in [0.1, 0.15) is 27.9 Å². The summed E-state index contributed by atoms with van der Waals surface area (Å²) in [6.07, 6.45) is 0. The van der Waals surface area contributed by atoms with Crippen molar-refractivity contribution in [2.24, 2.45) is 0 Å². The maximum atomic E-state index is 12.7. The Balaban J connectivity index is 1.79. The number of benzene rings is 2. The minimum absolute atomic E-state index is 0.00938. The van der Waals surface area contributed by atoms with Crippen molar-refractivity contribution in [1.29, 1.82) is 0 Å². The van der Waals surface area contributed by atoms with Gasteiger partial charge in [-0.1, -0.05) is 23.7 Å². The van der Waals surface area contributed by atoms with Gasteiger partial charge in [-0.25, -0.2) is 13.4 Å². The molecule has 152 valence electrons. The van der Waals surface area contributed by atoms with Crippen molar-refractivity contribution >= 4 is 50.2 Å². The summed E-state index contributed by atoms with van der Waals surface area (Å²) in [4.78, 5) is 17.7. The lowest BCUT2D eigenvalue weighted by Crippen LogP contribution is -2.16. The number of carbonyl (C=O) groups is 1. The number of aryl methyl sites for hydroxylation is 2.